The van der Waals surface area contributed by atoms with E-state index in [-0.39, 0.29) is 23.2 Å². The minimum absolute atomic E-state index is 0.00616. The molecule has 0 amide bonds. The second-order valence-corrected chi connectivity index (χ2v) is 26.5. The number of ether oxygens (including phenoxy) is 1. The molecule has 1 N–H and O–H groups in total. The fraction of sp³-hybridized carbons (Fsp3) is 0.629. The largest absolute Gasteiger partial charge is 0.487 e. The van der Waals surface area contributed by atoms with Crippen molar-refractivity contribution in [3.8, 4) is 11.8 Å². The van der Waals surface area contributed by atoms with Gasteiger partial charge in [-0.1, -0.05) is 46.5 Å². The van der Waals surface area contributed by atoms with Gasteiger partial charge in [0.1, 0.15) is 17.6 Å². The third kappa shape index (κ3) is 7.38. The first-order valence-electron chi connectivity index (χ1n) is 16.7. The van der Waals surface area contributed by atoms with Gasteiger partial charge >= 0.3 is 0 Å². The molecule has 2 heterocycles. The topological polar surface area (TPSA) is 91.7 Å². The SMILES string of the molecule is CC([Si](C)(C)C)S(=O)(=O)Nc1ccc2c(c1)[C@@H](C(C)(C)C)CC1(CCN([C@@H]3CCc4cc(C#N)ccc4C3)C(O[SiH](C)C)C1)O2. The third-order valence-electron chi connectivity index (χ3n) is 10.5. The molecular formula is C35H53N3O4SSi2. The molecule has 0 aromatic heterocycles. The van der Waals surface area contributed by atoms with E-state index in [2.05, 4.69) is 81.3 Å². The smallest absolute Gasteiger partial charge is 0.232 e. The van der Waals surface area contributed by atoms with Gasteiger partial charge in [-0.2, -0.15) is 5.26 Å². The van der Waals surface area contributed by atoms with Gasteiger partial charge in [0, 0.05) is 31.1 Å². The van der Waals surface area contributed by atoms with Crippen molar-refractivity contribution in [1.82, 2.24) is 4.90 Å². The second-order valence-electron chi connectivity index (χ2n) is 16.1. The Labute approximate surface area is 274 Å². The van der Waals surface area contributed by atoms with Crippen molar-refractivity contribution in [2.75, 3.05) is 11.3 Å². The van der Waals surface area contributed by atoms with E-state index in [0.29, 0.717) is 11.7 Å². The van der Waals surface area contributed by atoms with Crippen LogP contribution in [-0.4, -0.2) is 59.7 Å². The van der Waals surface area contributed by atoms with Crippen LogP contribution < -0.4 is 9.46 Å². The number of anilines is 1. The van der Waals surface area contributed by atoms with Crippen LogP contribution >= 0.6 is 0 Å². The molecule has 3 aliphatic rings. The van der Waals surface area contributed by atoms with Gasteiger partial charge in [-0.25, -0.2) is 8.42 Å². The first-order valence-corrected chi connectivity index (χ1v) is 24.6. The Balaban J connectivity index is 1.41. The summed E-state index contributed by atoms with van der Waals surface area (Å²) in [6.07, 6.45) is 5.67. The molecule has 1 saturated heterocycles. The van der Waals surface area contributed by atoms with E-state index in [1.165, 1.54) is 11.1 Å². The van der Waals surface area contributed by atoms with Crippen LogP contribution in [0.1, 0.15) is 81.5 Å². The molecule has 45 heavy (non-hydrogen) atoms. The van der Waals surface area contributed by atoms with Gasteiger partial charge in [-0.3, -0.25) is 9.62 Å². The number of hydrogen-bond acceptors (Lipinski definition) is 6. The number of sulfonamides is 1. The summed E-state index contributed by atoms with van der Waals surface area (Å²) in [6, 6.07) is 14.7. The summed E-state index contributed by atoms with van der Waals surface area (Å²) in [6.45, 7) is 20.4. The Morgan fingerprint density at radius 3 is 2.51 bits per heavy atom. The van der Waals surface area contributed by atoms with Crippen molar-refractivity contribution in [2.45, 2.75) is 128 Å². The van der Waals surface area contributed by atoms with Crippen LogP contribution in [0.2, 0.25) is 32.7 Å². The molecule has 5 rings (SSSR count). The van der Waals surface area contributed by atoms with Crippen LogP contribution in [0.4, 0.5) is 5.69 Å². The van der Waals surface area contributed by atoms with Crippen LogP contribution in [0.25, 0.3) is 0 Å². The van der Waals surface area contributed by atoms with Gasteiger partial charge in [0.2, 0.25) is 10.0 Å². The standard InChI is InChI=1S/C35H53N3O4SSi2/c1-24(45(7,8)9)43(39,40)37-28-13-15-32-30(20-28)31(34(2,3)4)21-35(41-32)16-17-38(33(22-35)42-44(5)6)29-14-12-26-18-25(23-36)10-11-27(26)19-29/h10-11,13,15,18,20,24,29,31,33,37,44H,12,14,16-17,19,21-22H2,1-9H3/t24?,29-,31+,33?,35?/m1/s1. The number of rotatable bonds is 7. The van der Waals surface area contributed by atoms with E-state index in [1.807, 2.05) is 31.2 Å². The van der Waals surface area contributed by atoms with Crippen LogP contribution in [-0.2, 0) is 27.3 Å². The minimum atomic E-state index is -3.50. The van der Waals surface area contributed by atoms with E-state index in [4.69, 9.17) is 9.16 Å². The third-order valence-corrected chi connectivity index (χ3v) is 18.3. The summed E-state index contributed by atoms with van der Waals surface area (Å²) in [7, 11) is -6.75. The molecule has 2 aromatic rings. The van der Waals surface area contributed by atoms with Crippen molar-refractivity contribution in [3.05, 3.63) is 58.7 Å². The highest BCUT2D eigenvalue weighted by Crippen LogP contribution is 2.53. The van der Waals surface area contributed by atoms with Gasteiger partial charge in [0.05, 0.1) is 24.6 Å². The zero-order chi connectivity index (χ0) is 32.9. The highest BCUT2D eigenvalue weighted by Gasteiger charge is 2.50. The Morgan fingerprint density at radius 2 is 1.87 bits per heavy atom. The Hall–Kier alpha value is -2.17. The number of benzene rings is 2. The number of fused-ring (bicyclic) bond motifs is 2. The van der Waals surface area contributed by atoms with Gasteiger partial charge in [0.15, 0.2) is 9.04 Å². The summed E-state index contributed by atoms with van der Waals surface area (Å²) in [5.41, 5.74) is 4.75. The number of likely N-dealkylation sites (tertiary alicyclic amines) is 1. The molecule has 10 heteroatoms. The molecule has 2 aliphatic heterocycles. The molecule has 246 valence electrons. The van der Waals surface area contributed by atoms with E-state index in [0.717, 1.165) is 61.9 Å². The zero-order valence-corrected chi connectivity index (χ0v) is 31.7. The molecule has 7 nitrogen and oxygen atoms in total. The number of nitrogens with zero attached hydrogens (tertiary/aromatic N) is 2. The Morgan fingerprint density at radius 1 is 1.13 bits per heavy atom. The van der Waals surface area contributed by atoms with Gasteiger partial charge < -0.3 is 9.16 Å². The lowest BCUT2D eigenvalue weighted by Crippen LogP contribution is -2.60. The highest BCUT2D eigenvalue weighted by atomic mass is 32.2. The first kappa shape index (κ1) is 34.2. The van der Waals surface area contributed by atoms with Crippen LogP contribution in [0.3, 0.4) is 0 Å². The highest BCUT2D eigenvalue weighted by molar-refractivity contribution is 7.95. The van der Waals surface area contributed by atoms with Crippen molar-refractivity contribution >= 4 is 32.8 Å². The number of nitrogens with one attached hydrogen (secondary N) is 1. The molecule has 0 radical (unpaired) electrons. The molecule has 0 bridgehead atoms. The maximum atomic E-state index is 13.3. The summed E-state index contributed by atoms with van der Waals surface area (Å²) in [5.74, 6) is 1.08. The van der Waals surface area contributed by atoms with Crippen LogP contribution in [0.15, 0.2) is 36.4 Å². The van der Waals surface area contributed by atoms with Crippen molar-refractivity contribution < 1.29 is 17.6 Å². The van der Waals surface area contributed by atoms with Gasteiger partial charge in [-0.15, -0.1) is 0 Å². The van der Waals surface area contributed by atoms with Crippen molar-refractivity contribution in [3.63, 3.8) is 0 Å². The van der Waals surface area contributed by atoms with E-state index < -0.39 is 32.0 Å². The van der Waals surface area contributed by atoms with E-state index in [1.54, 1.807) is 0 Å². The molecular weight excluding hydrogens is 615 g/mol. The summed E-state index contributed by atoms with van der Waals surface area (Å²) < 4.78 is 43.3. The van der Waals surface area contributed by atoms with Gasteiger partial charge in [-0.05, 0) is 104 Å². The number of hydrogen-bond donors (Lipinski definition) is 1. The number of aryl methyl sites for hydroxylation is 1. The fourth-order valence-corrected chi connectivity index (χ4v) is 12.9. The van der Waals surface area contributed by atoms with Crippen LogP contribution in [0.5, 0.6) is 5.75 Å². The fourth-order valence-electron chi connectivity index (χ4n) is 7.46. The predicted octanol–water partition coefficient (Wildman–Crippen LogP) is 7.20. The molecule has 1 fully saturated rings. The number of piperidine rings is 1. The van der Waals surface area contributed by atoms with Crippen molar-refractivity contribution in [2.24, 2.45) is 5.41 Å². The Bertz CT molecular complexity index is 1560. The zero-order valence-electron chi connectivity index (χ0n) is 28.7. The number of nitriles is 1. The summed E-state index contributed by atoms with van der Waals surface area (Å²) in [5, 5.41) is 9.36. The quantitative estimate of drug-likeness (QED) is 0.314. The second kappa shape index (κ2) is 12.5. The molecule has 5 atom stereocenters. The average molecular weight is 668 g/mol. The molecule has 2 aromatic carbocycles. The van der Waals surface area contributed by atoms with Crippen LogP contribution in [0, 0.1) is 16.7 Å². The molecule has 3 unspecified atom stereocenters. The minimum Gasteiger partial charge on any atom is -0.487 e. The van der Waals surface area contributed by atoms with Gasteiger partial charge in [0.25, 0.3) is 0 Å². The lowest BCUT2D eigenvalue weighted by atomic mass is 9.67. The lowest BCUT2D eigenvalue weighted by Gasteiger charge is -2.54. The van der Waals surface area contributed by atoms with E-state index in [9.17, 15) is 13.7 Å². The summed E-state index contributed by atoms with van der Waals surface area (Å²) >= 11 is 0. The average Bonchev–Trinajstić information content (AvgIpc) is 2.94. The van der Waals surface area contributed by atoms with E-state index >= 15 is 0 Å². The maximum Gasteiger partial charge on any atom is 0.232 e. The Kier molecular flexibility index (Phi) is 9.46. The lowest BCUT2D eigenvalue weighted by molar-refractivity contribution is -0.123. The molecule has 0 saturated carbocycles. The molecule has 1 spiro atoms. The van der Waals surface area contributed by atoms with Crippen molar-refractivity contribution in [1.29, 1.82) is 5.26 Å². The molecule has 1 aliphatic carbocycles. The first-order chi connectivity index (χ1) is 20.9. The summed E-state index contributed by atoms with van der Waals surface area (Å²) in [4.78, 5) is 2.21. The monoisotopic (exact) mass is 667 g/mol. The normalized spacial score (nSPS) is 26.5. The predicted molar refractivity (Wildman–Crippen MR) is 189 cm³/mol. The maximum absolute atomic E-state index is 13.3.